The van der Waals surface area contributed by atoms with Crippen LogP contribution in [0.2, 0.25) is 0 Å². The summed E-state index contributed by atoms with van der Waals surface area (Å²) in [6.07, 6.45) is -1.62. The Balaban J connectivity index is 1.73. The van der Waals surface area contributed by atoms with Crippen molar-refractivity contribution in [3.63, 3.8) is 0 Å². The molecule has 12 N–H and O–H groups in total. The molecule has 1 fully saturated rings. The van der Waals surface area contributed by atoms with Gasteiger partial charge < -0.3 is 58.3 Å². The van der Waals surface area contributed by atoms with Crippen molar-refractivity contribution in [1.29, 1.82) is 0 Å². The summed E-state index contributed by atoms with van der Waals surface area (Å²) in [5.74, 6) is -7.04. The van der Waals surface area contributed by atoms with E-state index in [9.17, 15) is 53.7 Å². The van der Waals surface area contributed by atoms with Crippen molar-refractivity contribution in [3.8, 4) is 5.75 Å². The summed E-state index contributed by atoms with van der Waals surface area (Å²) < 4.78 is 0. The number of nitrogens with two attached hydrogens (primary N) is 2. The van der Waals surface area contributed by atoms with E-state index in [4.69, 9.17) is 11.5 Å². The Bertz CT molecular complexity index is 1690. The topological polar surface area (TPSA) is 313 Å². The third-order valence-corrected chi connectivity index (χ3v) is 8.77. The molecule has 7 amide bonds. The number of likely N-dealkylation sites (tertiary alicyclic amines) is 1. The van der Waals surface area contributed by atoms with E-state index < -0.39 is 90.2 Å². The molecule has 1 aliphatic rings. The first-order valence-corrected chi connectivity index (χ1v) is 17.6. The zero-order chi connectivity index (χ0) is 40.7. The van der Waals surface area contributed by atoms with Crippen LogP contribution >= 0.6 is 0 Å². The lowest BCUT2D eigenvalue weighted by Crippen LogP contribution is -2.61. The van der Waals surface area contributed by atoms with Crippen LogP contribution in [0.3, 0.4) is 0 Å². The second-order valence-electron chi connectivity index (χ2n) is 13.0. The van der Waals surface area contributed by atoms with Gasteiger partial charge in [-0.05, 0) is 49.4 Å². The summed E-state index contributed by atoms with van der Waals surface area (Å²) >= 11 is 0. The van der Waals surface area contributed by atoms with Crippen LogP contribution in [0.5, 0.6) is 5.75 Å². The first-order valence-electron chi connectivity index (χ1n) is 17.6. The van der Waals surface area contributed by atoms with Gasteiger partial charge in [-0.3, -0.25) is 33.6 Å². The van der Waals surface area contributed by atoms with E-state index in [-0.39, 0.29) is 38.0 Å². The fraction of sp³-hybridized carbons (Fsp3) is 0.444. The largest absolute Gasteiger partial charge is 0.508 e. The number of carboxylic acids is 1. The number of primary amides is 1. The van der Waals surface area contributed by atoms with Crippen LogP contribution < -0.4 is 38.1 Å². The van der Waals surface area contributed by atoms with Gasteiger partial charge in [0.25, 0.3) is 0 Å². The van der Waals surface area contributed by atoms with Crippen LogP contribution in [0.4, 0.5) is 0 Å². The van der Waals surface area contributed by atoms with Gasteiger partial charge in [0.15, 0.2) is 0 Å². The average molecular weight is 769 g/mol. The van der Waals surface area contributed by atoms with Crippen LogP contribution in [0.15, 0.2) is 54.6 Å². The van der Waals surface area contributed by atoms with Gasteiger partial charge in [0.1, 0.15) is 36.0 Å². The smallest absolute Gasteiger partial charge is 0.326 e. The van der Waals surface area contributed by atoms with E-state index in [2.05, 4.69) is 26.6 Å². The zero-order valence-corrected chi connectivity index (χ0v) is 30.2. The first kappa shape index (κ1) is 43.3. The second-order valence-corrected chi connectivity index (χ2v) is 13.0. The lowest BCUT2D eigenvalue weighted by Gasteiger charge is -2.27. The minimum absolute atomic E-state index is 0.0372. The van der Waals surface area contributed by atoms with Gasteiger partial charge in [-0.1, -0.05) is 42.5 Å². The summed E-state index contributed by atoms with van der Waals surface area (Å²) in [5.41, 5.74) is 11.8. The number of benzene rings is 2. The first-order chi connectivity index (χ1) is 26.1. The zero-order valence-electron chi connectivity index (χ0n) is 30.2. The number of aromatic hydroxyl groups is 1. The molecule has 19 heteroatoms. The summed E-state index contributed by atoms with van der Waals surface area (Å²) in [4.78, 5) is 103. The van der Waals surface area contributed by atoms with Crippen molar-refractivity contribution in [2.45, 2.75) is 81.8 Å². The maximum atomic E-state index is 13.6. The molecule has 0 aliphatic carbocycles. The minimum atomic E-state index is -1.72. The SMILES string of the molecule is C[C@@H](O)[C@H](NC(=O)[C@H](CCC(N)=O)NC(=O)CNC(=O)[C@@H]1CCCN1C(=O)CN)C(=O)N[C@@H](Cc1ccccc1)C(=O)N[C@@H](Cc1ccc(O)cc1)C(=O)O. The van der Waals surface area contributed by atoms with Crippen molar-refractivity contribution in [1.82, 2.24) is 31.5 Å². The number of carbonyl (C=O) groups excluding carboxylic acids is 7. The Morgan fingerprint density at radius 3 is 2.02 bits per heavy atom. The Morgan fingerprint density at radius 2 is 1.42 bits per heavy atom. The highest BCUT2D eigenvalue weighted by Gasteiger charge is 2.35. The maximum Gasteiger partial charge on any atom is 0.326 e. The van der Waals surface area contributed by atoms with Gasteiger partial charge in [-0.25, -0.2) is 4.79 Å². The Labute approximate surface area is 316 Å². The van der Waals surface area contributed by atoms with Crippen molar-refractivity contribution in [3.05, 3.63) is 65.7 Å². The number of rotatable bonds is 20. The number of amides is 7. The number of aliphatic hydroxyl groups is 1. The summed E-state index contributed by atoms with van der Waals surface area (Å²) in [6.45, 7) is 0.611. The standard InChI is InChI=1S/C36H48N8O11/c1-20(45)31(43-32(50)24(13-14-28(38)47)40-29(48)19-39-34(52)27-8-5-15-44(27)30(49)18-37)35(53)41-25(16-21-6-3-2-4-7-21)33(51)42-26(36(54)55)17-22-9-11-23(46)12-10-22/h2-4,6-7,9-12,20,24-27,31,45-46H,5,8,13-19,37H2,1H3,(H2,38,47)(H,39,52)(H,40,48)(H,41,53)(H,42,51)(H,43,50)(H,54,55)/t20-,24+,25+,26+,27+,31+/m1/s1. The Hall–Kier alpha value is -6.08. The molecule has 0 radical (unpaired) electrons. The maximum absolute atomic E-state index is 13.6. The number of nitrogens with zero attached hydrogens (tertiary/aromatic N) is 1. The number of nitrogens with one attached hydrogen (secondary N) is 5. The summed E-state index contributed by atoms with van der Waals surface area (Å²) in [5, 5.41) is 42.0. The van der Waals surface area contributed by atoms with E-state index in [1.165, 1.54) is 36.1 Å². The van der Waals surface area contributed by atoms with Crippen molar-refractivity contribution < 1.29 is 53.7 Å². The Morgan fingerprint density at radius 1 is 0.818 bits per heavy atom. The number of phenols is 1. The van der Waals surface area contributed by atoms with Crippen molar-refractivity contribution in [2.24, 2.45) is 11.5 Å². The van der Waals surface area contributed by atoms with Gasteiger partial charge in [0, 0.05) is 25.8 Å². The lowest BCUT2D eigenvalue weighted by atomic mass is 10.0. The van der Waals surface area contributed by atoms with Crippen LogP contribution in [-0.4, -0.2) is 123 Å². The highest BCUT2D eigenvalue weighted by Crippen LogP contribution is 2.17. The number of hydrogen-bond acceptors (Lipinski definition) is 11. The summed E-state index contributed by atoms with van der Waals surface area (Å²) in [7, 11) is 0. The highest BCUT2D eigenvalue weighted by molar-refractivity contribution is 5.96. The quantitative estimate of drug-likeness (QED) is 0.0641. The highest BCUT2D eigenvalue weighted by atomic mass is 16.4. The molecular weight excluding hydrogens is 720 g/mol. The van der Waals surface area contributed by atoms with E-state index in [1.54, 1.807) is 30.3 Å². The fourth-order valence-corrected chi connectivity index (χ4v) is 5.86. The van der Waals surface area contributed by atoms with Crippen LogP contribution in [-0.2, 0) is 51.2 Å². The molecule has 0 spiro atoms. The van der Waals surface area contributed by atoms with Crippen LogP contribution in [0.1, 0.15) is 43.7 Å². The molecule has 2 aromatic rings. The number of hydrogen-bond donors (Lipinski definition) is 10. The number of aliphatic carboxylic acids is 1. The Kier molecular flexibility index (Phi) is 16.5. The number of carbonyl (C=O) groups is 8. The van der Waals surface area contributed by atoms with Gasteiger partial charge in [0.05, 0.1) is 19.2 Å². The van der Waals surface area contributed by atoms with Gasteiger partial charge >= 0.3 is 5.97 Å². The van der Waals surface area contributed by atoms with E-state index in [1.807, 2.05) is 0 Å². The van der Waals surface area contributed by atoms with Crippen molar-refractivity contribution in [2.75, 3.05) is 19.6 Å². The molecule has 2 aromatic carbocycles. The normalized spacial score (nSPS) is 16.3. The molecule has 0 unspecified atom stereocenters. The predicted octanol–water partition coefficient (Wildman–Crippen LogP) is -3.09. The molecular formula is C36H48N8O11. The van der Waals surface area contributed by atoms with E-state index >= 15 is 0 Å². The van der Waals surface area contributed by atoms with E-state index in [0.717, 1.165) is 0 Å². The summed E-state index contributed by atoms with van der Waals surface area (Å²) in [6, 6.07) is 7.27. The van der Waals surface area contributed by atoms with Gasteiger partial charge in [0.2, 0.25) is 41.4 Å². The average Bonchev–Trinajstić information content (AvgIpc) is 3.65. The van der Waals surface area contributed by atoms with Gasteiger partial charge in [-0.15, -0.1) is 0 Å². The molecule has 298 valence electrons. The van der Waals surface area contributed by atoms with Gasteiger partial charge in [-0.2, -0.15) is 0 Å². The molecule has 6 atom stereocenters. The third-order valence-electron chi connectivity index (χ3n) is 8.77. The van der Waals surface area contributed by atoms with Crippen LogP contribution in [0, 0.1) is 0 Å². The molecule has 0 saturated carbocycles. The molecule has 19 nitrogen and oxygen atoms in total. The molecule has 0 aromatic heterocycles. The number of aliphatic hydroxyl groups excluding tert-OH is 1. The molecule has 1 saturated heterocycles. The molecule has 3 rings (SSSR count). The molecule has 1 heterocycles. The molecule has 55 heavy (non-hydrogen) atoms. The predicted molar refractivity (Wildman–Crippen MR) is 194 cm³/mol. The number of carboxylic acid groups (broad SMARTS) is 1. The second kappa shape index (κ2) is 21.0. The van der Waals surface area contributed by atoms with Crippen molar-refractivity contribution >= 4 is 47.3 Å². The number of phenolic OH excluding ortho intramolecular Hbond substituents is 1. The third kappa shape index (κ3) is 13.7. The van der Waals surface area contributed by atoms with Crippen LogP contribution in [0.25, 0.3) is 0 Å². The monoisotopic (exact) mass is 768 g/mol. The minimum Gasteiger partial charge on any atom is -0.508 e. The van der Waals surface area contributed by atoms with E-state index in [0.29, 0.717) is 30.5 Å². The lowest BCUT2D eigenvalue weighted by molar-refractivity contribution is -0.142. The fourth-order valence-electron chi connectivity index (χ4n) is 5.86. The molecule has 1 aliphatic heterocycles. The molecule has 0 bridgehead atoms.